The van der Waals surface area contributed by atoms with Gasteiger partial charge in [-0.05, 0) is 31.9 Å². The lowest BCUT2D eigenvalue weighted by molar-refractivity contribution is 0.120. The van der Waals surface area contributed by atoms with Crippen molar-refractivity contribution in [3.8, 4) is 6.07 Å². The first-order chi connectivity index (χ1) is 12.8. The lowest BCUT2D eigenvalue weighted by atomic mass is 9.95. The van der Waals surface area contributed by atoms with Gasteiger partial charge in [0.25, 0.3) is 0 Å². The van der Waals surface area contributed by atoms with Crippen LogP contribution in [0.4, 0.5) is 11.6 Å². The molecule has 3 aliphatic rings. The van der Waals surface area contributed by atoms with Crippen LogP contribution >= 0.6 is 0 Å². The molecule has 4 rings (SSSR count). The number of pyridine rings is 1. The van der Waals surface area contributed by atoms with Crippen LogP contribution in [0, 0.1) is 11.3 Å². The molecule has 0 radical (unpaired) electrons. The summed E-state index contributed by atoms with van der Waals surface area (Å²) in [5.41, 5.74) is 3.08. The number of ether oxygens (including phenoxy) is 2. The molecule has 0 aliphatic carbocycles. The fourth-order valence-corrected chi connectivity index (χ4v) is 4.04. The highest BCUT2D eigenvalue weighted by atomic mass is 16.5. The molecule has 0 spiro atoms. The largest absolute Gasteiger partial charge is 0.378 e. The van der Waals surface area contributed by atoms with Gasteiger partial charge in [0.05, 0.1) is 24.9 Å². The second-order valence-electron chi connectivity index (χ2n) is 7.33. The smallest absolute Gasteiger partial charge is 0.149 e. The maximum absolute atomic E-state index is 9.86. The van der Waals surface area contributed by atoms with Gasteiger partial charge in [-0.1, -0.05) is 0 Å². The van der Waals surface area contributed by atoms with Gasteiger partial charge in [-0.3, -0.25) is 0 Å². The molecule has 140 valence electrons. The molecule has 0 bridgehead atoms. The number of fused-ring (bicyclic) bond motifs is 1. The van der Waals surface area contributed by atoms with Gasteiger partial charge < -0.3 is 24.6 Å². The summed E-state index contributed by atoms with van der Waals surface area (Å²) in [6, 6.07) is 2.44. The van der Waals surface area contributed by atoms with Crippen LogP contribution in [0.5, 0.6) is 0 Å². The van der Waals surface area contributed by atoms with E-state index in [0.29, 0.717) is 13.2 Å². The molecule has 0 amide bonds. The molecule has 1 atom stereocenters. The summed E-state index contributed by atoms with van der Waals surface area (Å²) in [6.45, 7) is 6.37. The van der Waals surface area contributed by atoms with Crippen LogP contribution < -0.4 is 10.2 Å². The third-order valence-corrected chi connectivity index (χ3v) is 5.51. The molecule has 7 nitrogen and oxygen atoms in total. The highest BCUT2D eigenvalue weighted by Gasteiger charge is 2.27. The Balaban J connectivity index is 1.69. The number of rotatable bonds is 4. The Labute approximate surface area is 154 Å². The summed E-state index contributed by atoms with van der Waals surface area (Å²) in [6.07, 6.45) is 3.38. The molecule has 1 aromatic heterocycles. The molecule has 3 aliphatic heterocycles. The first-order valence-electron chi connectivity index (χ1n) is 9.59. The molecule has 2 fully saturated rings. The maximum atomic E-state index is 9.86. The van der Waals surface area contributed by atoms with E-state index in [-0.39, 0.29) is 6.10 Å². The lowest BCUT2D eigenvalue weighted by Gasteiger charge is -2.33. The zero-order valence-electron chi connectivity index (χ0n) is 15.5. The summed E-state index contributed by atoms with van der Waals surface area (Å²) in [4.78, 5) is 9.41. The van der Waals surface area contributed by atoms with Crippen LogP contribution in [0.3, 0.4) is 0 Å². The quantitative estimate of drug-likeness (QED) is 0.872. The van der Waals surface area contributed by atoms with E-state index in [4.69, 9.17) is 14.5 Å². The Kier molecular flexibility index (Phi) is 5.25. The molecular weight excluding hydrogens is 330 g/mol. The van der Waals surface area contributed by atoms with Gasteiger partial charge in [-0.25, -0.2) is 4.98 Å². The normalized spacial score (nSPS) is 23.5. The van der Waals surface area contributed by atoms with Crippen LogP contribution in [-0.2, 0) is 22.4 Å². The summed E-state index contributed by atoms with van der Waals surface area (Å²) in [5, 5.41) is 13.4. The van der Waals surface area contributed by atoms with Gasteiger partial charge >= 0.3 is 0 Å². The average molecular weight is 357 g/mol. The Morgan fingerprint density at radius 1 is 1.23 bits per heavy atom. The zero-order valence-corrected chi connectivity index (χ0v) is 15.5. The zero-order chi connectivity index (χ0) is 17.9. The number of likely N-dealkylation sites (N-methyl/N-ethyl adjacent to an activating group) is 1. The number of morpholine rings is 1. The molecular formula is C19H27N5O2. The van der Waals surface area contributed by atoms with Gasteiger partial charge in [-0.2, -0.15) is 5.26 Å². The Hall–Kier alpha value is -1.88. The van der Waals surface area contributed by atoms with Crippen molar-refractivity contribution in [1.82, 2.24) is 9.88 Å². The summed E-state index contributed by atoms with van der Waals surface area (Å²) < 4.78 is 11.2. The number of hydrogen-bond donors (Lipinski definition) is 1. The van der Waals surface area contributed by atoms with Crippen LogP contribution in [0.25, 0.3) is 0 Å². The first-order valence-corrected chi connectivity index (χ1v) is 9.59. The van der Waals surface area contributed by atoms with E-state index in [1.54, 1.807) is 0 Å². The highest BCUT2D eigenvalue weighted by Crippen LogP contribution is 2.33. The van der Waals surface area contributed by atoms with Crippen molar-refractivity contribution in [1.29, 1.82) is 5.26 Å². The third-order valence-electron chi connectivity index (χ3n) is 5.51. The fourth-order valence-electron chi connectivity index (χ4n) is 4.04. The van der Waals surface area contributed by atoms with Gasteiger partial charge in [0.2, 0.25) is 0 Å². The van der Waals surface area contributed by atoms with E-state index >= 15 is 0 Å². The topological polar surface area (TPSA) is 73.7 Å². The predicted molar refractivity (Wildman–Crippen MR) is 99.5 cm³/mol. The van der Waals surface area contributed by atoms with Crippen LogP contribution in [0.15, 0.2) is 0 Å². The van der Waals surface area contributed by atoms with E-state index in [1.165, 1.54) is 5.56 Å². The molecule has 0 unspecified atom stereocenters. The minimum absolute atomic E-state index is 0.260. The van der Waals surface area contributed by atoms with Crippen molar-refractivity contribution < 1.29 is 9.47 Å². The minimum Gasteiger partial charge on any atom is -0.378 e. The average Bonchev–Trinajstić information content (AvgIpc) is 3.20. The van der Waals surface area contributed by atoms with Crippen LogP contribution in [0.2, 0.25) is 0 Å². The SMILES string of the molecule is CN1CCc2c(C#N)c(N3CCOCC3)nc(NC[C@@H]3CCCO3)c2C1. The van der Waals surface area contributed by atoms with Crippen molar-refractivity contribution in [2.24, 2.45) is 0 Å². The highest BCUT2D eigenvalue weighted by molar-refractivity contribution is 5.67. The fraction of sp³-hybridized carbons (Fsp3) is 0.684. The van der Waals surface area contributed by atoms with Crippen LogP contribution in [-0.4, -0.2) is 69.0 Å². The molecule has 1 aromatic rings. The molecule has 26 heavy (non-hydrogen) atoms. The number of nitrogens with one attached hydrogen (secondary N) is 1. The Bertz CT molecular complexity index is 690. The van der Waals surface area contributed by atoms with Crippen molar-refractivity contribution in [3.63, 3.8) is 0 Å². The number of hydrogen-bond acceptors (Lipinski definition) is 7. The molecule has 0 aromatic carbocycles. The van der Waals surface area contributed by atoms with Crippen molar-refractivity contribution >= 4 is 11.6 Å². The maximum Gasteiger partial charge on any atom is 0.149 e. The van der Waals surface area contributed by atoms with Gasteiger partial charge in [0, 0.05) is 44.9 Å². The monoisotopic (exact) mass is 357 g/mol. The number of nitriles is 1. The van der Waals surface area contributed by atoms with Crippen molar-refractivity contribution in [2.75, 3.05) is 63.3 Å². The Morgan fingerprint density at radius 3 is 2.81 bits per heavy atom. The van der Waals surface area contributed by atoms with Crippen molar-refractivity contribution in [2.45, 2.75) is 31.9 Å². The minimum atomic E-state index is 0.260. The van der Waals surface area contributed by atoms with Gasteiger partial charge in [0.1, 0.15) is 17.7 Å². The lowest BCUT2D eigenvalue weighted by Crippen LogP contribution is -2.38. The summed E-state index contributed by atoms with van der Waals surface area (Å²) in [7, 11) is 2.12. The molecule has 4 heterocycles. The second kappa shape index (κ2) is 7.78. The molecule has 7 heteroatoms. The van der Waals surface area contributed by atoms with E-state index < -0.39 is 0 Å². The standard InChI is InChI=1S/C19H27N5O2/c1-23-5-4-15-16(11-20)19(24-6-9-25-10-7-24)22-18(17(15)13-23)21-12-14-3-2-8-26-14/h14H,2-10,12-13H2,1H3,(H,21,22)/t14-/m0/s1. The van der Waals surface area contributed by atoms with Crippen LogP contribution in [0.1, 0.15) is 29.5 Å². The summed E-state index contributed by atoms with van der Waals surface area (Å²) in [5.74, 6) is 1.73. The van der Waals surface area contributed by atoms with Gasteiger partial charge in [-0.15, -0.1) is 0 Å². The number of anilines is 2. The summed E-state index contributed by atoms with van der Waals surface area (Å²) >= 11 is 0. The first kappa shape index (κ1) is 17.5. The third kappa shape index (κ3) is 3.50. The van der Waals surface area contributed by atoms with E-state index in [1.807, 2.05) is 0 Å². The molecule has 0 saturated carbocycles. The number of nitrogens with zero attached hydrogens (tertiary/aromatic N) is 4. The second-order valence-corrected chi connectivity index (χ2v) is 7.33. The van der Waals surface area contributed by atoms with Gasteiger partial charge in [0.15, 0.2) is 0 Å². The van der Waals surface area contributed by atoms with E-state index in [2.05, 4.69) is 28.2 Å². The molecule has 2 saturated heterocycles. The molecule has 1 N–H and O–H groups in total. The Morgan fingerprint density at radius 2 is 2.08 bits per heavy atom. The van der Waals surface area contributed by atoms with E-state index in [9.17, 15) is 5.26 Å². The van der Waals surface area contributed by atoms with E-state index in [0.717, 1.165) is 81.4 Å². The number of aromatic nitrogens is 1. The van der Waals surface area contributed by atoms with Crippen molar-refractivity contribution in [3.05, 3.63) is 16.7 Å². The predicted octanol–water partition coefficient (Wildman–Crippen LogP) is 1.37.